The summed E-state index contributed by atoms with van der Waals surface area (Å²) in [6.07, 6.45) is -0.490. The normalized spacial score (nSPS) is 14.5. The molecule has 0 atom stereocenters. The van der Waals surface area contributed by atoms with Gasteiger partial charge in [0.1, 0.15) is 10.8 Å². The molecule has 4 heterocycles. The number of likely N-dealkylation sites (N-methyl/N-ethyl adjacent to an activating group) is 1. The number of carbonyl (C=O) groups is 2. The van der Waals surface area contributed by atoms with Gasteiger partial charge in [0.25, 0.3) is 0 Å². The Balaban J connectivity index is 1.66. The molecule has 11 nitrogen and oxygen atoms in total. The monoisotopic (exact) mass is 606 g/mol. The molecule has 0 bridgehead atoms. The largest absolute Gasteiger partial charge is 0.465 e. The van der Waals surface area contributed by atoms with Crippen LogP contribution in [-0.4, -0.2) is 96.7 Å². The maximum Gasteiger partial charge on any atom is 0.434 e. The quantitative estimate of drug-likeness (QED) is 0.235. The molecule has 42 heavy (non-hydrogen) atoms. The van der Waals surface area contributed by atoms with E-state index in [-0.39, 0.29) is 27.8 Å². The van der Waals surface area contributed by atoms with Gasteiger partial charge in [-0.3, -0.25) is 15.2 Å². The summed E-state index contributed by atoms with van der Waals surface area (Å²) < 4.78 is 47.1. The van der Waals surface area contributed by atoms with Crippen LogP contribution in [-0.2, 0) is 17.5 Å². The molecule has 2 amide bonds. The van der Waals surface area contributed by atoms with E-state index in [4.69, 9.17) is 4.74 Å². The van der Waals surface area contributed by atoms with Crippen LogP contribution in [0.3, 0.4) is 0 Å². The van der Waals surface area contributed by atoms with Gasteiger partial charge in [-0.2, -0.15) is 13.2 Å². The molecule has 226 valence electrons. The minimum atomic E-state index is -4.68. The zero-order valence-corrected chi connectivity index (χ0v) is 24.4. The van der Waals surface area contributed by atoms with E-state index < -0.39 is 23.9 Å². The highest BCUT2D eigenvalue weighted by Crippen LogP contribution is 2.41. The number of esters is 1. The lowest BCUT2D eigenvalue weighted by atomic mass is 10.0. The first kappa shape index (κ1) is 31.3. The van der Waals surface area contributed by atoms with Crippen LogP contribution in [0.5, 0.6) is 0 Å². The molecule has 3 N–H and O–H groups in total. The Morgan fingerprint density at radius 3 is 2.55 bits per heavy atom. The molecule has 0 unspecified atom stereocenters. The summed E-state index contributed by atoms with van der Waals surface area (Å²) in [5.74, 6) is -0.501. The van der Waals surface area contributed by atoms with Gasteiger partial charge in [-0.15, -0.1) is 11.3 Å². The number of hydrogen-bond donors (Lipinski definition) is 3. The highest BCUT2D eigenvalue weighted by molar-refractivity contribution is 7.15. The van der Waals surface area contributed by atoms with Crippen LogP contribution in [0.25, 0.3) is 21.7 Å². The number of pyridine rings is 2. The number of piperazine rings is 1. The minimum Gasteiger partial charge on any atom is -0.465 e. The van der Waals surface area contributed by atoms with Crippen LogP contribution in [0.4, 0.5) is 23.8 Å². The Labute approximate surface area is 245 Å². The Hall–Kier alpha value is -3.66. The molecule has 0 radical (unpaired) electrons. The lowest BCUT2D eigenvalue weighted by molar-refractivity contribution is -0.141. The van der Waals surface area contributed by atoms with Gasteiger partial charge < -0.3 is 20.3 Å². The smallest absolute Gasteiger partial charge is 0.434 e. The average molecular weight is 607 g/mol. The van der Waals surface area contributed by atoms with E-state index in [0.29, 0.717) is 29.8 Å². The molecule has 1 aliphatic rings. The summed E-state index contributed by atoms with van der Waals surface area (Å²) in [4.78, 5) is 41.2. The Kier molecular flexibility index (Phi) is 10.4. The zero-order valence-electron chi connectivity index (χ0n) is 23.5. The van der Waals surface area contributed by atoms with E-state index in [1.54, 1.807) is 6.92 Å². The third kappa shape index (κ3) is 8.00. The number of ether oxygens (including phenoxy) is 1. The number of thiazole rings is 1. The number of urea groups is 1. The minimum absolute atomic E-state index is 0.00986. The van der Waals surface area contributed by atoms with Crippen molar-refractivity contribution in [2.75, 3.05) is 65.3 Å². The topological polar surface area (TPSA) is 125 Å². The third-order valence-corrected chi connectivity index (χ3v) is 7.72. The molecule has 1 aliphatic heterocycles. The van der Waals surface area contributed by atoms with E-state index in [0.717, 1.165) is 44.1 Å². The molecule has 1 fully saturated rings. The van der Waals surface area contributed by atoms with E-state index in [9.17, 15) is 22.8 Å². The Bertz CT molecular complexity index is 1390. The van der Waals surface area contributed by atoms with Crippen molar-refractivity contribution in [2.24, 2.45) is 0 Å². The molecule has 0 aromatic carbocycles. The lowest BCUT2D eigenvalue weighted by Gasteiger charge is -2.32. The molecule has 3 aromatic rings. The van der Waals surface area contributed by atoms with Crippen LogP contribution in [0.1, 0.15) is 27.9 Å². The molecule has 0 aliphatic carbocycles. The van der Waals surface area contributed by atoms with Gasteiger partial charge in [0.05, 0.1) is 17.6 Å². The van der Waals surface area contributed by atoms with Crippen LogP contribution >= 0.6 is 11.3 Å². The van der Waals surface area contributed by atoms with Crippen molar-refractivity contribution in [3.63, 3.8) is 0 Å². The maximum absolute atomic E-state index is 14.1. The molecule has 1 saturated heterocycles. The maximum atomic E-state index is 14.1. The number of rotatable bonds is 10. The highest BCUT2D eigenvalue weighted by atomic mass is 32.1. The number of nitrogens with one attached hydrogen (secondary N) is 3. The SMILES string of the molecule is CCNC(=O)Nc1cc(-c2nc(C(F)(F)F)c(CNCCN3CCN(C)CC3)s2)c(-c2cncc(C(=O)OC)c2)cn1. The Morgan fingerprint density at radius 2 is 1.86 bits per heavy atom. The fraction of sp³-hybridized carbons (Fsp3) is 0.444. The van der Waals surface area contributed by atoms with Crippen molar-refractivity contribution in [3.05, 3.63) is 46.9 Å². The zero-order chi connectivity index (χ0) is 30.3. The first-order valence-corrected chi connectivity index (χ1v) is 14.2. The van der Waals surface area contributed by atoms with Gasteiger partial charge in [-0.1, -0.05) is 0 Å². The third-order valence-electron chi connectivity index (χ3n) is 6.64. The molecular weight excluding hydrogens is 573 g/mol. The predicted molar refractivity (Wildman–Crippen MR) is 153 cm³/mol. The number of aromatic nitrogens is 3. The number of methoxy groups -OCH3 is 1. The summed E-state index contributed by atoms with van der Waals surface area (Å²) in [7, 11) is 3.30. The number of amides is 2. The molecular formula is C27H33F3N8O3S. The predicted octanol–water partition coefficient (Wildman–Crippen LogP) is 3.55. The second-order valence-corrected chi connectivity index (χ2v) is 10.7. The number of nitrogens with zero attached hydrogens (tertiary/aromatic N) is 5. The molecule has 15 heteroatoms. The van der Waals surface area contributed by atoms with Gasteiger partial charge in [0, 0.05) is 87.6 Å². The van der Waals surface area contributed by atoms with Crippen LogP contribution in [0.2, 0.25) is 0 Å². The first-order valence-electron chi connectivity index (χ1n) is 13.4. The van der Waals surface area contributed by atoms with Crippen LogP contribution < -0.4 is 16.0 Å². The van der Waals surface area contributed by atoms with Crippen LogP contribution in [0, 0.1) is 0 Å². The highest BCUT2D eigenvalue weighted by Gasteiger charge is 2.37. The van der Waals surface area contributed by atoms with Gasteiger partial charge >= 0.3 is 18.2 Å². The molecule has 4 rings (SSSR count). The summed E-state index contributed by atoms with van der Waals surface area (Å²) in [6.45, 7) is 7.12. The van der Waals surface area contributed by atoms with Crippen molar-refractivity contribution in [3.8, 4) is 21.7 Å². The van der Waals surface area contributed by atoms with E-state index in [1.807, 2.05) is 0 Å². The second-order valence-electron chi connectivity index (χ2n) is 9.66. The van der Waals surface area contributed by atoms with Crippen molar-refractivity contribution in [2.45, 2.75) is 19.6 Å². The number of carbonyl (C=O) groups excluding carboxylic acids is 2. The summed E-state index contributed by atoms with van der Waals surface area (Å²) >= 11 is 0.905. The number of hydrogen-bond acceptors (Lipinski definition) is 10. The van der Waals surface area contributed by atoms with Gasteiger partial charge in [-0.25, -0.2) is 19.6 Å². The van der Waals surface area contributed by atoms with E-state index in [1.165, 1.54) is 37.8 Å². The number of halogens is 3. The average Bonchev–Trinajstić information content (AvgIpc) is 3.41. The first-order chi connectivity index (χ1) is 20.1. The fourth-order valence-corrected chi connectivity index (χ4v) is 5.47. The van der Waals surface area contributed by atoms with Crippen molar-refractivity contribution >= 4 is 29.2 Å². The van der Waals surface area contributed by atoms with E-state index >= 15 is 0 Å². The molecule has 3 aromatic heterocycles. The summed E-state index contributed by atoms with van der Waals surface area (Å²) in [5, 5.41) is 8.39. The molecule has 0 spiro atoms. The standard InChI is InChI=1S/C27H33F3N8O3S/c1-4-33-26(40)35-22-12-19(20(15-34-22)17-11-18(14-32-13-17)25(39)41-3)24-36-23(27(28,29)30)21(42-24)16-31-5-6-38-9-7-37(2)8-10-38/h11-15,31H,4-10,16H2,1-3H3,(H2,33,34,35,40). The number of alkyl halides is 3. The second kappa shape index (κ2) is 14.0. The summed E-state index contributed by atoms with van der Waals surface area (Å²) in [6, 6.07) is 2.45. The van der Waals surface area contributed by atoms with Crippen LogP contribution in [0.15, 0.2) is 30.7 Å². The van der Waals surface area contributed by atoms with Gasteiger partial charge in [0.15, 0.2) is 5.69 Å². The van der Waals surface area contributed by atoms with Gasteiger partial charge in [-0.05, 0) is 26.1 Å². The Morgan fingerprint density at radius 1 is 1.10 bits per heavy atom. The van der Waals surface area contributed by atoms with Gasteiger partial charge in [0.2, 0.25) is 0 Å². The number of anilines is 1. The van der Waals surface area contributed by atoms with Crippen molar-refractivity contribution in [1.82, 2.24) is 35.4 Å². The van der Waals surface area contributed by atoms with E-state index in [2.05, 4.69) is 47.7 Å². The molecule has 0 saturated carbocycles. The fourth-order valence-electron chi connectivity index (χ4n) is 4.39. The lowest BCUT2D eigenvalue weighted by Crippen LogP contribution is -2.46. The van der Waals surface area contributed by atoms with Crippen molar-refractivity contribution < 1.29 is 27.5 Å². The van der Waals surface area contributed by atoms with Crippen molar-refractivity contribution in [1.29, 1.82) is 0 Å². The summed E-state index contributed by atoms with van der Waals surface area (Å²) in [5.41, 5.74) is 0.273.